The molecule has 0 amide bonds. The maximum Gasteiger partial charge on any atom is 0.149 e. The van der Waals surface area contributed by atoms with Gasteiger partial charge < -0.3 is 11.1 Å². The molecule has 1 aromatic heterocycles. The first-order valence-corrected chi connectivity index (χ1v) is 8.10. The second-order valence-electron chi connectivity index (χ2n) is 6.91. The predicted octanol–water partition coefficient (Wildman–Crippen LogP) is 3.81. The topological polar surface area (TPSA) is 50.9 Å². The fraction of sp³-hybridized carbons (Fsp3) is 0.667. The van der Waals surface area contributed by atoms with Crippen LogP contribution >= 0.6 is 15.9 Å². The lowest BCUT2D eigenvalue weighted by Gasteiger charge is -2.57. The van der Waals surface area contributed by atoms with Crippen LogP contribution in [-0.2, 0) is 0 Å². The molecule has 0 aromatic carbocycles. The zero-order chi connectivity index (χ0) is 13.0. The highest BCUT2D eigenvalue weighted by atomic mass is 79.9. The summed E-state index contributed by atoms with van der Waals surface area (Å²) in [5.41, 5.74) is 7.13. The van der Waals surface area contributed by atoms with Gasteiger partial charge in [0.2, 0.25) is 0 Å². The summed E-state index contributed by atoms with van der Waals surface area (Å²) in [4.78, 5) is 4.47. The molecule has 4 aliphatic rings. The van der Waals surface area contributed by atoms with E-state index in [4.69, 9.17) is 5.73 Å². The van der Waals surface area contributed by atoms with Gasteiger partial charge >= 0.3 is 0 Å². The van der Waals surface area contributed by atoms with Crippen LogP contribution in [0.2, 0.25) is 0 Å². The molecule has 19 heavy (non-hydrogen) atoms. The molecule has 4 fully saturated rings. The van der Waals surface area contributed by atoms with Crippen LogP contribution in [-0.4, -0.2) is 10.5 Å². The van der Waals surface area contributed by atoms with Gasteiger partial charge in [0, 0.05) is 16.2 Å². The first kappa shape index (κ1) is 12.0. The minimum absolute atomic E-state index is 0.281. The third-order valence-corrected chi connectivity index (χ3v) is 5.74. The standard InChI is InChI=1S/C15H20BrN3/c16-12-4-13(17)14(18-8-12)19-15-5-9-1-10(6-15)3-11(2-9)7-15/h4,8-11H,1-3,5-7,17H2,(H,18,19). The van der Waals surface area contributed by atoms with Gasteiger partial charge in [0.25, 0.3) is 0 Å². The van der Waals surface area contributed by atoms with Crippen LogP contribution in [0.1, 0.15) is 38.5 Å². The van der Waals surface area contributed by atoms with E-state index < -0.39 is 0 Å². The minimum atomic E-state index is 0.281. The predicted molar refractivity (Wildman–Crippen MR) is 80.9 cm³/mol. The van der Waals surface area contributed by atoms with Gasteiger partial charge in [0.15, 0.2) is 0 Å². The molecule has 5 rings (SSSR count). The SMILES string of the molecule is Nc1cc(Br)cnc1NC12CC3CC(CC(C3)C1)C2. The Bertz CT molecular complexity index is 479. The van der Waals surface area contributed by atoms with Gasteiger partial charge in [-0.3, -0.25) is 0 Å². The van der Waals surface area contributed by atoms with Crippen molar-refractivity contribution in [3.05, 3.63) is 16.7 Å². The number of nitrogens with two attached hydrogens (primary N) is 1. The number of halogens is 1. The summed E-state index contributed by atoms with van der Waals surface area (Å²) in [5, 5.41) is 3.73. The lowest BCUT2D eigenvalue weighted by atomic mass is 9.53. The van der Waals surface area contributed by atoms with Crippen molar-refractivity contribution in [3.8, 4) is 0 Å². The third-order valence-electron chi connectivity index (χ3n) is 5.31. The number of pyridine rings is 1. The first-order chi connectivity index (χ1) is 9.12. The first-order valence-electron chi connectivity index (χ1n) is 7.31. The third kappa shape index (κ3) is 2.04. The molecule has 4 aliphatic carbocycles. The molecular weight excluding hydrogens is 302 g/mol. The zero-order valence-electron chi connectivity index (χ0n) is 11.0. The van der Waals surface area contributed by atoms with Crippen molar-refractivity contribution < 1.29 is 0 Å². The lowest BCUT2D eigenvalue weighted by molar-refractivity contribution is 0.0106. The summed E-state index contributed by atoms with van der Waals surface area (Å²) in [6, 6.07) is 1.94. The number of aromatic nitrogens is 1. The monoisotopic (exact) mass is 321 g/mol. The second kappa shape index (κ2) is 4.11. The number of hydrogen-bond acceptors (Lipinski definition) is 3. The molecule has 0 spiro atoms. The summed E-state index contributed by atoms with van der Waals surface area (Å²) in [7, 11) is 0. The zero-order valence-corrected chi connectivity index (χ0v) is 12.6. The summed E-state index contributed by atoms with van der Waals surface area (Å²) < 4.78 is 0.945. The molecule has 4 saturated carbocycles. The van der Waals surface area contributed by atoms with E-state index in [-0.39, 0.29) is 5.54 Å². The quantitative estimate of drug-likeness (QED) is 0.870. The number of anilines is 2. The van der Waals surface area contributed by atoms with Gasteiger partial charge in [-0.25, -0.2) is 4.98 Å². The van der Waals surface area contributed by atoms with Crippen molar-refractivity contribution in [1.29, 1.82) is 0 Å². The maximum absolute atomic E-state index is 6.10. The Kier molecular flexibility index (Phi) is 2.60. The average Bonchev–Trinajstić information content (AvgIpc) is 2.31. The maximum atomic E-state index is 6.10. The Balaban J connectivity index is 1.62. The molecule has 1 aromatic rings. The van der Waals surface area contributed by atoms with E-state index in [0.29, 0.717) is 0 Å². The molecule has 0 radical (unpaired) electrons. The van der Waals surface area contributed by atoms with E-state index in [1.165, 1.54) is 38.5 Å². The molecule has 1 heterocycles. The average molecular weight is 322 g/mol. The fourth-order valence-electron chi connectivity index (χ4n) is 5.07. The number of nitrogens with one attached hydrogen (secondary N) is 1. The largest absolute Gasteiger partial charge is 0.396 e. The van der Waals surface area contributed by atoms with Gasteiger partial charge in [0.1, 0.15) is 5.82 Å². The fourth-order valence-corrected chi connectivity index (χ4v) is 5.42. The number of rotatable bonds is 2. The van der Waals surface area contributed by atoms with Crippen molar-refractivity contribution in [1.82, 2.24) is 4.98 Å². The van der Waals surface area contributed by atoms with Crippen molar-refractivity contribution in [2.45, 2.75) is 44.1 Å². The summed E-state index contributed by atoms with van der Waals surface area (Å²) >= 11 is 3.42. The Morgan fingerprint density at radius 2 is 1.74 bits per heavy atom. The Morgan fingerprint density at radius 1 is 1.16 bits per heavy atom. The lowest BCUT2D eigenvalue weighted by Crippen LogP contribution is -2.55. The molecular formula is C15H20BrN3. The molecule has 0 atom stereocenters. The van der Waals surface area contributed by atoms with Crippen LogP contribution < -0.4 is 11.1 Å². The molecule has 3 nitrogen and oxygen atoms in total. The van der Waals surface area contributed by atoms with Crippen LogP contribution in [0.3, 0.4) is 0 Å². The second-order valence-corrected chi connectivity index (χ2v) is 7.83. The smallest absolute Gasteiger partial charge is 0.149 e. The van der Waals surface area contributed by atoms with Crippen LogP contribution in [0.15, 0.2) is 16.7 Å². The van der Waals surface area contributed by atoms with Crippen molar-refractivity contribution in [3.63, 3.8) is 0 Å². The van der Waals surface area contributed by atoms with Crippen LogP contribution in [0.4, 0.5) is 11.5 Å². The van der Waals surface area contributed by atoms with E-state index in [1.807, 2.05) is 12.3 Å². The normalized spacial score (nSPS) is 39.5. The van der Waals surface area contributed by atoms with Gasteiger partial charge in [-0.05, 0) is 78.3 Å². The van der Waals surface area contributed by atoms with E-state index in [2.05, 4.69) is 26.2 Å². The summed E-state index contributed by atoms with van der Waals surface area (Å²) in [6.07, 6.45) is 10.2. The Hall–Kier alpha value is -0.770. The molecule has 4 bridgehead atoms. The van der Waals surface area contributed by atoms with Gasteiger partial charge in [-0.1, -0.05) is 0 Å². The van der Waals surface area contributed by atoms with Crippen LogP contribution in [0.5, 0.6) is 0 Å². The highest BCUT2D eigenvalue weighted by Gasteiger charge is 2.51. The van der Waals surface area contributed by atoms with Crippen LogP contribution in [0.25, 0.3) is 0 Å². The summed E-state index contributed by atoms with van der Waals surface area (Å²) in [6.45, 7) is 0. The highest BCUT2D eigenvalue weighted by molar-refractivity contribution is 9.10. The molecule has 0 aliphatic heterocycles. The van der Waals surface area contributed by atoms with Crippen molar-refractivity contribution >= 4 is 27.4 Å². The van der Waals surface area contributed by atoms with E-state index in [9.17, 15) is 0 Å². The van der Waals surface area contributed by atoms with Crippen molar-refractivity contribution in [2.75, 3.05) is 11.1 Å². The van der Waals surface area contributed by atoms with Gasteiger partial charge in [0.05, 0.1) is 5.69 Å². The van der Waals surface area contributed by atoms with Crippen molar-refractivity contribution in [2.24, 2.45) is 17.8 Å². The number of hydrogen-bond donors (Lipinski definition) is 2. The Morgan fingerprint density at radius 3 is 2.26 bits per heavy atom. The van der Waals surface area contributed by atoms with E-state index in [1.54, 1.807) is 0 Å². The van der Waals surface area contributed by atoms with Crippen LogP contribution in [0, 0.1) is 17.8 Å². The molecule has 4 heteroatoms. The number of nitrogens with zero attached hydrogens (tertiary/aromatic N) is 1. The summed E-state index contributed by atoms with van der Waals surface area (Å²) in [5.74, 6) is 3.70. The number of nitrogen functional groups attached to an aromatic ring is 1. The Labute approximate surface area is 122 Å². The van der Waals surface area contributed by atoms with Gasteiger partial charge in [-0.2, -0.15) is 0 Å². The van der Waals surface area contributed by atoms with E-state index >= 15 is 0 Å². The van der Waals surface area contributed by atoms with Gasteiger partial charge in [-0.15, -0.1) is 0 Å². The van der Waals surface area contributed by atoms with E-state index in [0.717, 1.165) is 33.7 Å². The minimum Gasteiger partial charge on any atom is -0.396 e. The molecule has 0 saturated heterocycles. The highest BCUT2D eigenvalue weighted by Crippen LogP contribution is 2.56. The molecule has 3 N–H and O–H groups in total. The molecule has 0 unspecified atom stereocenters. The molecule has 102 valence electrons.